The van der Waals surface area contributed by atoms with Crippen molar-refractivity contribution in [2.45, 2.75) is 92.0 Å². The predicted molar refractivity (Wildman–Crippen MR) is 232 cm³/mol. The van der Waals surface area contributed by atoms with Gasteiger partial charge < -0.3 is 4.90 Å². The van der Waals surface area contributed by atoms with Crippen molar-refractivity contribution in [3.8, 4) is 0 Å². The first-order valence-corrected chi connectivity index (χ1v) is 20.9. The van der Waals surface area contributed by atoms with Crippen LogP contribution >= 0.6 is 0 Å². The van der Waals surface area contributed by atoms with Gasteiger partial charge in [0.15, 0.2) is 0 Å². The van der Waals surface area contributed by atoms with Gasteiger partial charge in [0.1, 0.15) is 0 Å². The summed E-state index contributed by atoms with van der Waals surface area (Å²) in [7, 11) is 0. The summed E-state index contributed by atoms with van der Waals surface area (Å²) in [5.74, 6) is 2.57. The van der Waals surface area contributed by atoms with Gasteiger partial charge in [0, 0.05) is 22.5 Å². The lowest BCUT2D eigenvalue weighted by Gasteiger charge is -2.46. The van der Waals surface area contributed by atoms with Gasteiger partial charge in [-0.05, 0) is 112 Å². The second-order valence-electron chi connectivity index (χ2n) is 18.7. The maximum Gasteiger partial charge on any atom is 0.0556 e. The zero-order valence-corrected chi connectivity index (χ0v) is 33.8. The quantitative estimate of drug-likeness (QED) is 0.276. The van der Waals surface area contributed by atoms with E-state index in [1.54, 1.807) is 16.7 Å². The van der Waals surface area contributed by atoms with Gasteiger partial charge >= 0.3 is 0 Å². The molecule has 0 aromatic heterocycles. The van der Waals surface area contributed by atoms with E-state index >= 15 is 0 Å². The summed E-state index contributed by atoms with van der Waals surface area (Å²) in [5.41, 5.74) is 10.6. The van der Waals surface area contributed by atoms with Crippen LogP contribution in [-0.2, 0) is 5.41 Å². The van der Waals surface area contributed by atoms with Gasteiger partial charge in [0.05, 0.1) is 6.04 Å². The highest BCUT2D eigenvalue weighted by Crippen LogP contribution is 2.51. The van der Waals surface area contributed by atoms with Crippen molar-refractivity contribution in [2.24, 2.45) is 40.9 Å². The zero-order valence-electron chi connectivity index (χ0n) is 33.8. The number of fused-ring (bicyclic) bond motifs is 4. The fraction of sp³-hybridized carbons (Fsp3) is 0.396. The molecule has 1 heteroatoms. The third-order valence-corrected chi connectivity index (χ3v) is 13.2. The fourth-order valence-corrected chi connectivity index (χ4v) is 10.3. The normalized spacial score (nSPS) is 27.0. The first kappa shape index (κ1) is 36.6. The van der Waals surface area contributed by atoms with E-state index in [9.17, 15) is 0 Å². The summed E-state index contributed by atoms with van der Waals surface area (Å²) in [6.07, 6.45) is 42.1. The Hall–Kier alpha value is -4.36. The van der Waals surface area contributed by atoms with Gasteiger partial charge in [-0.1, -0.05) is 182 Å². The van der Waals surface area contributed by atoms with Gasteiger partial charge in [0.25, 0.3) is 0 Å². The molecule has 6 aliphatic carbocycles. The maximum atomic E-state index is 2.70. The molecule has 1 nitrogen and oxygen atoms in total. The van der Waals surface area contributed by atoms with Crippen molar-refractivity contribution >= 4 is 17.0 Å². The van der Waals surface area contributed by atoms with Gasteiger partial charge in [0.2, 0.25) is 0 Å². The van der Waals surface area contributed by atoms with Gasteiger partial charge in [-0.25, -0.2) is 0 Å². The molecule has 0 aliphatic heterocycles. The second kappa shape index (κ2) is 14.7. The average Bonchev–Trinajstić information content (AvgIpc) is 3.18. The standard InChI is InChI=1S/C53H61N/c1-36(51(37-18-10-8-11-19-37)38-26-28-39(29-27-38)52(2,3)4)47-34-48-45-24-16-17-25-46(45)50(35-49(48)44-23-15-14-22-43(44)47)54(41-20-12-9-13-21-41)42-32-30-40(31-33-42)53(5,6)7/h9-10,12-20,22-26,28-34,36,38,41,43-44,49,51H,8,11,21,27,35H2,1-7H3. The first-order chi connectivity index (χ1) is 26.0. The third-order valence-electron chi connectivity index (χ3n) is 13.2. The van der Waals surface area contributed by atoms with Crippen LogP contribution in [0.25, 0.3) is 11.3 Å². The van der Waals surface area contributed by atoms with Crippen molar-refractivity contribution in [2.75, 3.05) is 4.90 Å². The number of benzene rings is 2. The van der Waals surface area contributed by atoms with Crippen LogP contribution in [0.4, 0.5) is 5.69 Å². The number of rotatable bonds is 7. The van der Waals surface area contributed by atoms with E-state index in [-0.39, 0.29) is 16.9 Å². The van der Waals surface area contributed by atoms with Crippen LogP contribution < -0.4 is 15.3 Å². The first-order valence-electron chi connectivity index (χ1n) is 20.9. The molecular weight excluding hydrogens is 651 g/mol. The van der Waals surface area contributed by atoms with Crippen molar-refractivity contribution < 1.29 is 0 Å². The number of anilines is 1. The molecule has 0 N–H and O–H groups in total. The number of hydrogen-bond donors (Lipinski definition) is 0. The van der Waals surface area contributed by atoms with Gasteiger partial charge in [-0.3, -0.25) is 0 Å². The Bertz CT molecular complexity index is 2150. The third kappa shape index (κ3) is 7.00. The zero-order chi connectivity index (χ0) is 37.6. The average molecular weight is 712 g/mol. The van der Waals surface area contributed by atoms with Gasteiger partial charge in [-0.15, -0.1) is 0 Å². The number of allylic oxidation sites excluding steroid dienone is 16. The molecule has 0 radical (unpaired) electrons. The molecule has 2 aromatic rings. The topological polar surface area (TPSA) is 3.24 Å². The van der Waals surface area contributed by atoms with Crippen LogP contribution in [0.2, 0.25) is 0 Å². The molecule has 0 saturated carbocycles. The molecule has 6 aliphatic rings. The smallest absolute Gasteiger partial charge is 0.0556 e. The molecule has 8 rings (SSSR count). The summed E-state index contributed by atoms with van der Waals surface area (Å²) in [6, 6.07) is 19.1. The van der Waals surface area contributed by atoms with Crippen LogP contribution in [-0.4, -0.2) is 6.04 Å². The van der Waals surface area contributed by atoms with Crippen LogP contribution in [0.3, 0.4) is 0 Å². The van der Waals surface area contributed by atoms with Crippen molar-refractivity contribution in [1.29, 1.82) is 0 Å². The molecule has 0 fully saturated rings. The predicted octanol–water partition coefficient (Wildman–Crippen LogP) is 12.0. The van der Waals surface area contributed by atoms with Crippen LogP contribution in [0.15, 0.2) is 156 Å². The Kier molecular flexibility index (Phi) is 9.97. The number of nitrogens with zero attached hydrogens (tertiary/aromatic N) is 1. The molecule has 54 heavy (non-hydrogen) atoms. The van der Waals surface area contributed by atoms with Crippen molar-refractivity contribution in [3.05, 3.63) is 172 Å². The second-order valence-corrected chi connectivity index (χ2v) is 18.7. The molecular formula is C53H61N. The summed E-state index contributed by atoms with van der Waals surface area (Å²) in [4.78, 5) is 2.69. The van der Waals surface area contributed by atoms with Gasteiger partial charge in [-0.2, -0.15) is 0 Å². The number of hydrogen-bond acceptors (Lipinski definition) is 1. The highest BCUT2D eigenvalue weighted by molar-refractivity contribution is 5.77. The largest absolute Gasteiger partial charge is 0.337 e. The molecule has 0 spiro atoms. The Morgan fingerprint density at radius 2 is 1.46 bits per heavy atom. The molecule has 0 saturated heterocycles. The molecule has 0 amide bonds. The van der Waals surface area contributed by atoms with E-state index in [1.807, 2.05) is 0 Å². The van der Waals surface area contributed by atoms with Crippen LogP contribution in [0.1, 0.15) is 86.1 Å². The Balaban J connectivity index is 1.28. The summed E-state index contributed by atoms with van der Waals surface area (Å²) < 4.78 is 0. The molecule has 7 unspecified atom stereocenters. The lowest BCUT2D eigenvalue weighted by molar-refractivity contribution is 0.311. The van der Waals surface area contributed by atoms with Crippen LogP contribution in [0, 0.1) is 40.9 Å². The van der Waals surface area contributed by atoms with E-state index < -0.39 is 0 Å². The highest BCUT2D eigenvalue weighted by Gasteiger charge is 2.43. The monoisotopic (exact) mass is 711 g/mol. The lowest BCUT2D eigenvalue weighted by Crippen LogP contribution is -2.47. The highest BCUT2D eigenvalue weighted by atomic mass is 15.2. The minimum atomic E-state index is 0.118. The van der Waals surface area contributed by atoms with E-state index in [0.717, 1.165) is 32.1 Å². The summed E-state index contributed by atoms with van der Waals surface area (Å²) in [5, 5.41) is 2.82. The van der Waals surface area contributed by atoms with E-state index in [4.69, 9.17) is 0 Å². The molecule has 2 aromatic carbocycles. The lowest BCUT2D eigenvalue weighted by atomic mass is 9.60. The SMILES string of the molecule is CC(C1=CC2=c3ccccc3=C(N(c3ccc(C(C)(C)C)cc3)C3C=CC=CC3)CC2C2C=CC=CC12)C(C1=CCCC=C1)C1C=CC(C(C)(C)C)=CC1. The summed E-state index contributed by atoms with van der Waals surface area (Å²) in [6.45, 7) is 16.5. The van der Waals surface area contributed by atoms with E-state index in [1.165, 1.54) is 33.0 Å². The molecule has 0 bridgehead atoms. The van der Waals surface area contributed by atoms with Crippen molar-refractivity contribution in [1.82, 2.24) is 0 Å². The Labute approximate surface area is 326 Å². The molecule has 7 atom stereocenters. The molecule has 0 heterocycles. The van der Waals surface area contributed by atoms with Crippen molar-refractivity contribution in [3.63, 3.8) is 0 Å². The minimum Gasteiger partial charge on any atom is -0.337 e. The fourth-order valence-electron chi connectivity index (χ4n) is 10.3. The minimum absolute atomic E-state index is 0.118. The van der Waals surface area contributed by atoms with E-state index in [2.05, 4.69) is 193 Å². The molecule has 278 valence electrons. The van der Waals surface area contributed by atoms with E-state index in [0.29, 0.717) is 35.5 Å². The Morgan fingerprint density at radius 1 is 0.704 bits per heavy atom. The van der Waals surface area contributed by atoms with Crippen LogP contribution in [0.5, 0.6) is 0 Å². The Morgan fingerprint density at radius 3 is 2.13 bits per heavy atom. The summed E-state index contributed by atoms with van der Waals surface area (Å²) >= 11 is 0. The maximum absolute atomic E-state index is 2.70.